The minimum Gasteiger partial charge on any atom is -0.494 e. The fourth-order valence-corrected chi connectivity index (χ4v) is 2.44. The van der Waals surface area contributed by atoms with Crippen LogP contribution in [-0.2, 0) is 4.79 Å². The van der Waals surface area contributed by atoms with E-state index in [-0.39, 0.29) is 18.0 Å². The molecule has 0 spiro atoms. The van der Waals surface area contributed by atoms with E-state index in [4.69, 9.17) is 4.74 Å². The van der Waals surface area contributed by atoms with E-state index < -0.39 is 0 Å². The van der Waals surface area contributed by atoms with E-state index in [1.54, 1.807) is 35.4 Å². The highest BCUT2D eigenvalue weighted by atomic mass is 16.5. The summed E-state index contributed by atoms with van der Waals surface area (Å²) in [6.07, 6.45) is 1.67. The number of nitrogens with zero attached hydrogens (tertiary/aromatic N) is 3. The highest BCUT2D eigenvalue weighted by Crippen LogP contribution is 2.31. The van der Waals surface area contributed by atoms with Gasteiger partial charge in [0.05, 0.1) is 12.3 Å². The SMILES string of the molecule is CCOc1ccc(N2C(=O)N(C(C)C)C(=O)C2=CN(C)C)cc1. The third kappa shape index (κ3) is 3.31. The van der Waals surface area contributed by atoms with Crippen molar-refractivity contribution in [3.8, 4) is 5.75 Å². The van der Waals surface area contributed by atoms with Gasteiger partial charge in [0.2, 0.25) is 0 Å². The van der Waals surface area contributed by atoms with Gasteiger partial charge in [-0.2, -0.15) is 0 Å². The van der Waals surface area contributed by atoms with Crippen LogP contribution in [0.3, 0.4) is 0 Å². The lowest BCUT2D eigenvalue weighted by Crippen LogP contribution is -2.38. The maximum atomic E-state index is 12.7. The second-order valence-electron chi connectivity index (χ2n) is 5.79. The van der Waals surface area contributed by atoms with Crippen molar-refractivity contribution in [1.82, 2.24) is 9.80 Å². The number of anilines is 1. The second kappa shape index (κ2) is 6.73. The molecule has 6 heteroatoms. The Balaban J connectivity index is 2.44. The normalized spacial score (nSPS) is 16.7. The van der Waals surface area contributed by atoms with Crippen LogP contribution >= 0.6 is 0 Å². The van der Waals surface area contributed by atoms with Crippen molar-refractivity contribution in [2.24, 2.45) is 0 Å². The first kappa shape index (κ1) is 16.9. The van der Waals surface area contributed by atoms with Gasteiger partial charge in [0.25, 0.3) is 5.91 Å². The standard InChI is InChI=1S/C17H23N3O3/c1-6-23-14-9-7-13(8-10-14)20-15(11-18(4)5)16(21)19(12(2)3)17(20)22/h7-12H,6H2,1-5H3. The molecule has 0 aliphatic carbocycles. The third-order valence-electron chi connectivity index (χ3n) is 3.38. The fraction of sp³-hybridized carbons (Fsp3) is 0.412. The van der Waals surface area contributed by atoms with Gasteiger partial charge < -0.3 is 9.64 Å². The maximum Gasteiger partial charge on any atom is 0.336 e. The Morgan fingerprint density at radius 3 is 2.26 bits per heavy atom. The van der Waals surface area contributed by atoms with Crippen molar-refractivity contribution in [2.45, 2.75) is 26.8 Å². The number of hydrogen-bond donors (Lipinski definition) is 0. The van der Waals surface area contributed by atoms with Gasteiger partial charge in [-0.3, -0.25) is 14.6 Å². The first-order valence-electron chi connectivity index (χ1n) is 7.65. The zero-order valence-corrected chi connectivity index (χ0v) is 14.2. The van der Waals surface area contributed by atoms with Crippen LogP contribution in [0.25, 0.3) is 0 Å². The number of carbonyl (C=O) groups is 2. The first-order valence-corrected chi connectivity index (χ1v) is 7.65. The Hall–Kier alpha value is -2.50. The summed E-state index contributed by atoms with van der Waals surface area (Å²) in [5.41, 5.74) is 0.987. The average molecular weight is 317 g/mol. The largest absolute Gasteiger partial charge is 0.494 e. The van der Waals surface area contributed by atoms with E-state index >= 15 is 0 Å². The molecule has 3 amide bonds. The van der Waals surface area contributed by atoms with Crippen LogP contribution < -0.4 is 9.64 Å². The lowest BCUT2D eigenvalue weighted by molar-refractivity contribution is -0.124. The van der Waals surface area contributed by atoms with Gasteiger partial charge in [0.15, 0.2) is 0 Å². The topological polar surface area (TPSA) is 53.1 Å². The van der Waals surface area contributed by atoms with Crippen LogP contribution in [0.1, 0.15) is 20.8 Å². The number of imide groups is 1. The highest BCUT2D eigenvalue weighted by Gasteiger charge is 2.43. The van der Waals surface area contributed by atoms with Crippen molar-refractivity contribution in [2.75, 3.05) is 25.6 Å². The molecule has 0 unspecified atom stereocenters. The lowest BCUT2D eigenvalue weighted by Gasteiger charge is -2.20. The van der Waals surface area contributed by atoms with Crippen LogP contribution in [0.5, 0.6) is 5.75 Å². The number of benzene rings is 1. The van der Waals surface area contributed by atoms with Gasteiger partial charge in [-0.15, -0.1) is 0 Å². The summed E-state index contributed by atoms with van der Waals surface area (Å²) in [6, 6.07) is 6.62. The minimum absolute atomic E-state index is 0.201. The van der Waals surface area contributed by atoms with Crippen LogP contribution in [0.4, 0.5) is 10.5 Å². The first-order chi connectivity index (χ1) is 10.9. The zero-order chi connectivity index (χ0) is 17.1. The van der Waals surface area contributed by atoms with Gasteiger partial charge >= 0.3 is 6.03 Å². The second-order valence-corrected chi connectivity index (χ2v) is 5.79. The molecule has 1 aliphatic rings. The van der Waals surface area contributed by atoms with Crippen molar-refractivity contribution in [3.05, 3.63) is 36.2 Å². The maximum absolute atomic E-state index is 12.7. The van der Waals surface area contributed by atoms with Gasteiger partial charge in [0, 0.05) is 26.3 Å². The molecule has 6 nitrogen and oxygen atoms in total. The minimum atomic E-state index is -0.331. The molecule has 23 heavy (non-hydrogen) atoms. The van der Waals surface area contributed by atoms with E-state index in [9.17, 15) is 9.59 Å². The number of amides is 3. The number of ether oxygens (including phenoxy) is 1. The smallest absolute Gasteiger partial charge is 0.336 e. The lowest BCUT2D eigenvalue weighted by atomic mass is 10.2. The average Bonchev–Trinajstić information content (AvgIpc) is 2.71. The van der Waals surface area contributed by atoms with Gasteiger partial charge in [-0.25, -0.2) is 4.79 Å². The molecule has 2 rings (SSSR count). The van der Waals surface area contributed by atoms with Crippen LogP contribution in [0.2, 0.25) is 0 Å². The summed E-state index contributed by atoms with van der Waals surface area (Å²) < 4.78 is 5.42. The van der Waals surface area contributed by atoms with Gasteiger partial charge in [-0.1, -0.05) is 0 Å². The Morgan fingerprint density at radius 2 is 1.78 bits per heavy atom. The molecule has 0 atom stereocenters. The van der Waals surface area contributed by atoms with Crippen molar-refractivity contribution in [3.63, 3.8) is 0 Å². The monoisotopic (exact) mass is 317 g/mol. The van der Waals surface area contributed by atoms with Crippen LogP contribution in [0, 0.1) is 0 Å². The molecule has 0 bridgehead atoms. The van der Waals surface area contributed by atoms with E-state index in [2.05, 4.69) is 0 Å². The summed E-state index contributed by atoms with van der Waals surface area (Å²) in [5.74, 6) is 0.445. The van der Waals surface area contributed by atoms with E-state index in [1.807, 2.05) is 34.9 Å². The van der Waals surface area contributed by atoms with Gasteiger partial charge in [-0.05, 0) is 45.0 Å². The summed E-state index contributed by atoms with van der Waals surface area (Å²) in [5, 5.41) is 0. The number of urea groups is 1. The Morgan fingerprint density at radius 1 is 1.17 bits per heavy atom. The fourth-order valence-electron chi connectivity index (χ4n) is 2.44. The molecule has 0 radical (unpaired) electrons. The van der Waals surface area contributed by atoms with E-state index in [0.29, 0.717) is 18.0 Å². The quantitative estimate of drug-likeness (QED) is 0.619. The molecule has 1 aliphatic heterocycles. The molecule has 1 aromatic rings. The predicted octanol–water partition coefficient (Wildman–Crippen LogP) is 2.67. The summed E-state index contributed by atoms with van der Waals surface area (Å²) in [7, 11) is 3.64. The third-order valence-corrected chi connectivity index (χ3v) is 3.38. The molecule has 1 heterocycles. The van der Waals surface area contributed by atoms with Crippen molar-refractivity contribution >= 4 is 17.6 Å². The molecule has 124 valence electrons. The molecule has 1 saturated heterocycles. The number of hydrogen-bond acceptors (Lipinski definition) is 4. The van der Waals surface area contributed by atoms with Crippen molar-refractivity contribution in [1.29, 1.82) is 0 Å². The van der Waals surface area contributed by atoms with Crippen LogP contribution in [-0.4, -0.2) is 48.5 Å². The molecule has 1 fully saturated rings. The Labute approximate surface area is 136 Å². The van der Waals surface area contributed by atoms with E-state index in [0.717, 1.165) is 5.75 Å². The Bertz CT molecular complexity index is 620. The molecule has 0 N–H and O–H groups in total. The van der Waals surface area contributed by atoms with Gasteiger partial charge in [0.1, 0.15) is 11.4 Å². The Kier molecular flexibility index (Phi) is 4.93. The van der Waals surface area contributed by atoms with E-state index in [1.165, 1.54) is 9.80 Å². The molecule has 0 saturated carbocycles. The highest BCUT2D eigenvalue weighted by molar-refractivity contribution is 6.21. The summed E-state index contributed by atoms with van der Waals surface area (Å²) in [6.45, 7) is 6.14. The van der Waals surface area contributed by atoms with Crippen LogP contribution in [0.15, 0.2) is 36.2 Å². The predicted molar refractivity (Wildman–Crippen MR) is 89.2 cm³/mol. The molecule has 0 aromatic heterocycles. The summed E-state index contributed by atoms with van der Waals surface area (Å²) in [4.78, 5) is 29.8. The molecular formula is C17H23N3O3. The van der Waals surface area contributed by atoms with Crippen molar-refractivity contribution < 1.29 is 14.3 Å². The summed E-state index contributed by atoms with van der Waals surface area (Å²) >= 11 is 0. The molecular weight excluding hydrogens is 294 g/mol. The molecule has 1 aromatic carbocycles. The number of carbonyl (C=O) groups excluding carboxylic acids is 2. The number of rotatable bonds is 5. The zero-order valence-electron chi connectivity index (χ0n) is 14.2.